The van der Waals surface area contributed by atoms with Crippen LogP contribution < -0.4 is 0 Å². The lowest BCUT2D eigenvalue weighted by Gasteiger charge is -2.27. The second-order valence-corrected chi connectivity index (χ2v) is 5.65. The van der Waals surface area contributed by atoms with Crippen molar-refractivity contribution < 1.29 is 4.79 Å². The van der Waals surface area contributed by atoms with Crippen LogP contribution >= 0.6 is 0 Å². The number of carbonyl (C=O) groups is 1. The molecule has 1 aromatic carbocycles. The molecule has 0 aliphatic heterocycles. The lowest BCUT2D eigenvalue weighted by atomic mass is 10.1. The van der Waals surface area contributed by atoms with E-state index in [4.69, 9.17) is 0 Å². The highest BCUT2D eigenvalue weighted by Crippen LogP contribution is 2.15. The van der Waals surface area contributed by atoms with E-state index in [1.807, 2.05) is 43.9 Å². The summed E-state index contributed by atoms with van der Waals surface area (Å²) in [6, 6.07) is 12.1. The van der Waals surface area contributed by atoms with E-state index < -0.39 is 0 Å². The van der Waals surface area contributed by atoms with Crippen LogP contribution in [0.3, 0.4) is 0 Å². The highest BCUT2D eigenvalue weighted by atomic mass is 16.2. The van der Waals surface area contributed by atoms with E-state index in [-0.39, 0.29) is 11.9 Å². The molecule has 1 aromatic heterocycles. The number of hydrogen-bond donors (Lipinski definition) is 0. The quantitative estimate of drug-likeness (QED) is 0.855. The van der Waals surface area contributed by atoms with Crippen molar-refractivity contribution in [1.29, 1.82) is 0 Å². The van der Waals surface area contributed by atoms with E-state index in [1.54, 1.807) is 6.20 Å². The van der Waals surface area contributed by atoms with Gasteiger partial charge in [-0.2, -0.15) is 0 Å². The number of aryl methyl sites for hydroxylation is 2. The molecule has 0 N–H and O–H groups in total. The van der Waals surface area contributed by atoms with Crippen LogP contribution in [0.1, 0.15) is 41.0 Å². The molecule has 0 aliphatic rings. The molecular formula is C18H22N2O. The van der Waals surface area contributed by atoms with Gasteiger partial charge >= 0.3 is 0 Å². The van der Waals surface area contributed by atoms with E-state index >= 15 is 0 Å². The summed E-state index contributed by atoms with van der Waals surface area (Å²) in [6.45, 7) is 8.64. The fourth-order valence-corrected chi connectivity index (χ4v) is 2.36. The molecular weight excluding hydrogens is 260 g/mol. The highest BCUT2D eigenvalue weighted by molar-refractivity contribution is 5.95. The Kier molecular flexibility index (Phi) is 4.73. The van der Waals surface area contributed by atoms with Gasteiger partial charge in [-0.3, -0.25) is 9.78 Å². The molecule has 3 heteroatoms. The Hall–Kier alpha value is -2.16. The van der Waals surface area contributed by atoms with E-state index in [0.717, 1.165) is 11.3 Å². The van der Waals surface area contributed by atoms with Crippen molar-refractivity contribution >= 4 is 5.91 Å². The summed E-state index contributed by atoms with van der Waals surface area (Å²) < 4.78 is 0. The van der Waals surface area contributed by atoms with Gasteiger partial charge in [-0.1, -0.05) is 29.8 Å². The van der Waals surface area contributed by atoms with Crippen molar-refractivity contribution in [2.45, 2.75) is 40.3 Å². The third kappa shape index (κ3) is 3.69. The van der Waals surface area contributed by atoms with Crippen molar-refractivity contribution in [2.24, 2.45) is 0 Å². The number of hydrogen-bond acceptors (Lipinski definition) is 2. The van der Waals surface area contributed by atoms with Crippen LogP contribution in [0.2, 0.25) is 0 Å². The van der Waals surface area contributed by atoms with E-state index in [0.29, 0.717) is 12.1 Å². The minimum absolute atomic E-state index is 0.0390. The van der Waals surface area contributed by atoms with Gasteiger partial charge in [0.05, 0.1) is 5.56 Å². The minimum Gasteiger partial charge on any atom is -0.332 e. The first-order valence-electron chi connectivity index (χ1n) is 7.27. The number of nitrogens with zero attached hydrogens (tertiary/aromatic N) is 2. The average molecular weight is 282 g/mol. The first-order chi connectivity index (χ1) is 9.99. The summed E-state index contributed by atoms with van der Waals surface area (Å²) in [4.78, 5) is 18.9. The Morgan fingerprint density at radius 1 is 1.19 bits per heavy atom. The monoisotopic (exact) mass is 282 g/mol. The first-order valence-corrected chi connectivity index (χ1v) is 7.27. The van der Waals surface area contributed by atoms with Gasteiger partial charge in [0.15, 0.2) is 0 Å². The maximum Gasteiger partial charge on any atom is 0.256 e. The molecule has 2 rings (SSSR count). The van der Waals surface area contributed by atoms with Gasteiger partial charge in [0.2, 0.25) is 0 Å². The standard InChI is InChI=1S/C18H22N2O/c1-13(2)20(12-16-8-5-7-14(3)11-16)18(21)17-9-6-10-19-15(17)4/h5-11,13H,12H2,1-4H3. The summed E-state index contributed by atoms with van der Waals surface area (Å²) >= 11 is 0. The SMILES string of the molecule is Cc1cccc(CN(C(=O)c2cccnc2C)C(C)C)c1. The Morgan fingerprint density at radius 3 is 2.57 bits per heavy atom. The van der Waals surface area contributed by atoms with Crippen LogP contribution in [0.4, 0.5) is 0 Å². The third-order valence-electron chi connectivity index (χ3n) is 3.56. The number of rotatable bonds is 4. The summed E-state index contributed by atoms with van der Waals surface area (Å²) in [5.74, 6) is 0.0390. The number of benzene rings is 1. The molecule has 1 heterocycles. The second-order valence-electron chi connectivity index (χ2n) is 5.65. The van der Waals surface area contributed by atoms with Gasteiger partial charge in [-0.15, -0.1) is 0 Å². The summed E-state index contributed by atoms with van der Waals surface area (Å²) in [6.07, 6.45) is 1.71. The summed E-state index contributed by atoms with van der Waals surface area (Å²) in [7, 11) is 0. The van der Waals surface area contributed by atoms with E-state index in [1.165, 1.54) is 5.56 Å². The van der Waals surface area contributed by atoms with Crippen molar-refractivity contribution in [3.8, 4) is 0 Å². The fourth-order valence-electron chi connectivity index (χ4n) is 2.36. The zero-order valence-corrected chi connectivity index (χ0v) is 13.1. The number of pyridine rings is 1. The largest absolute Gasteiger partial charge is 0.332 e. The Morgan fingerprint density at radius 2 is 1.95 bits per heavy atom. The Bertz CT molecular complexity index is 635. The first kappa shape index (κ1) is 15.2. The Balaban J connectivity index is 2.27. The zero-order valence-electron chi connectivity index (χ0n) is 13.1. The zero-order chi connectivity index (χ0) is 15.4. The molecule has 0 atom stereocenters. The maximum atomic E-state index is 12.8. The third-order valence-corrected chi connectivity index (χ3v) is 3.56. The summed E-state index contributed by atoms with van der Waals surface area (Å²) in [5, 5.41) is 0. The number of carbonyl (C=O) groups excluding carboxylic acids is 1. The smallest absolute Gasteiger partial charge is 0.256 e. The van der Waals surface area contributed by atoms with Crippen LogP contribution in [-0.2, 0) is 6.54 Å². The normalized spacial score (nSPS) is 10.7. The molecule has 0 spiro atoms. The topological polar surface area (TPSA) is 33.2 Å². The van der Waals surface area contributed by atoms with Crippen LogP contribution in [0.5, 0.6) is 0 Å². The highest BCUT2D eigenvalue weighted by Gasteiger charge is 2.20. The van der Waals surface area contributed by atoms with Crippen LogP contribution in [-0.4, -0.2) is 21.8 Å². The van der Waals surface area contributed by atoms with Gasteiger partial charge in [0, 0.05) is 24.5 Å². The molecule has 0 radical (unpaired) electrons. The second kappa shape index (κ2) is 6.53. The van der Waals surface area contributed by atoms with Crippen molar-refractivity contribution in [3.63, 3.8) is 0 Å². The lowest BCUT2D eigenvalue weighted by molar-refractivity contribution is 0.0689. The van der Waals surface area contributed by atoms with Crippen LogP contribution in [0, 0.1) is 13.8 Å². The lowest BCUT2D eigenvalue weighted by Crippen LogP contribution is -2.36. The molecule has 1 amide bonds. The van der Waals surface area contributed by atoms with Crippen molar-refractivity contribution in [1.82, 2.24) is 9.88 Å². The molecule has 0 aliphatic carbocycles. The van der Waals surface area contributed by atoms with E-state index in [9.17, 15) is 4.79 Å². The van der Waals surface area contributed by atoms with Crippen LogP contribution in [0.25, 0.3) is 0 Å². The molecule has 0 fully saturated rings. The molecule has 0 unspecified atom stereocenters. The van der Waals surface area contributed by atoms with E-state index in [2.05, 4.69) is 30.1 Å². The Labute approximate surface area is 126 Å². The molecule has 0 saturated heterocycles. The minimum atomic E-state index is 0.0390. The van der Waals surface area contributed by atoms with Crippen LogP contribution in [0.15, 0.2) is 42.6 Å². The average Bonchev–Trinajstić information content (AvgIpc) is 2.44. The molecule has 0 saturated carbocycles. The summed E-state index contributed by atoms with van der Waals surface area (Å²) in [5.41, 5.74) is 3.82. The van der Waals surface area contributed by atoms with Gasteiger partial charge < -0.3 is 4.90 Å². The maximum absolute atomic E-state index is 12.8. The molecule has 2 aromatic rings. The number of aromatic nitrogens is 1. The van der Waals surface area contributed by atoms with Crippen molar-refractivity contribution in [2.75, 3.05) is 0 Å². The van der Waals surface area contributed by atoms with Gasteiger partial charge in [0.1, 0.15) is 0 Å². The predicted octanol–water partition coefficient (Wildman–Crippen LogP) is 3.75. The molecule has 21 heavy (non-hydrogen) atoms. The van der Waals surface area contributed by atoms with Crippen molar-refractivity contribution in [3.05, 3.63) is 65.0 Å². The van der Waals surface area contributed by atoms with Gasteiger partial charge in [-0.25, -0.2) is 0 Å². The number of amides is 1. The fraction of sp³-hybridized carbons (Fsp3) is 0.333. The molecule has 110 valence electrons. The van der Waals surface area contributed by atoms with Gasteiger partial charge in [0.25, 0.3) is 5.91 Å². The van der Waals surface area contributed by atoms with Gasteiger partial charge in [-0.05, 0) is 45.4 Å². The predicted molar refractivity (Wildman–Crippen MR) is 85.2 cm³/mol. The molecule has 0 bridgehead atoms. The molecule has 3 nitrogen and oxygen atoms in total.